The molecule has 7 heteroatoms. The average Bonchev–Trinajstić information content (AvgIpc) is 3.30. The van der Waals surface area contributed by atoms with Gasteiger partial charge in [0.2, 0.25) is 5.91 Å². The Balaban J connectivity index is 1.52. The van der Waals surface area contributed by atoms with Gasteiger partial charge in [0.25, 0.3) is 0 Å². The van der Waals surface area contributed by atoms with Crippen LogP contribution >= 0.6 is 22.9 Å². The van der Waals surface area contributed by atoms with Gasteiger partial charge in [-0.05, 0) is 53.1 Å². The van der Waals surface area contributed by atoms with E-state index in [9.17, 15) is 9.59 Å². The number of nitrogens with one attached hydrogen (secondary N) is 2. The fraction of sp³-hybridized carbons (Fsp3) is 0.286. The second-order valence-electron chi connectivity index (χ2n) is 9.92. The number of fused-ring (bicyclic) bond motifs is 1. The van der Waals surface area contributed by atoms with E-state index >= 15 is 0 Å². The fourth-order valence-electron chi connectivity index (χ4n) is 4.98. The third kappa shape index (κ3) is 5.00. The maximum Gasteiger partial charge on any atom is 0.239 e. The molecule has 1 aromatic heterocycles. The Morgan fingerprint density at radius 2 is 1.89 bits per heavy atom. The smallest absolute Gasteiger partial charge is 0.239 e. The molecule has 2 heterocycles. The normalized spacial score (nSPS) is 18.9. The second-order valence-corrected chi connectivity index (χ2v) is 11.3. The van der Waals surface area contributed by atoms with E-state index in [4.69, 9.17) is 11.6 Å². The van der Waals surface area contributed by atoms with E-state index in [1.165, 1.54) is 0 Å². The van der Waals surface area contributed by atoms with Gasteiger partial charge in [0.05, 0.1) is 24.0 Å². The average molecular weight is 506 g/mol. The predicted octanol–water partition coefficient (Wildman–Crippen LogP) is 6.33. The number of benzene rings is 2. The number of halogens is 1. The standard InChI is InChI=1S/C28H28ClN3O2S/c1-28(2)14-21-26(23(33)15-28)27(24-8-5-13-35-24)32(22-7-4-3-6-20(22)31-21)17-25(34)30-16-18-9-11-19(29)12-10-18/h3-13,27,31H,14-17H2,1-2H3,(H,30,34). The number of nitrogens with zero attached hydrogens (tertiary/aromatic N) is 1. The molecule has 2 N–H and O–H groups in total. The molecular formula is C28H28ClN3O2S. The Kier molecular flexibility index (Phi) is 6.43. The van der Waals surface area contributed by atoms with Crippen molar-refractivity contribution in [1.82, 2.24) is 5.32 Å². The molecule has 1 amide bonds. The molecule has 3 aromatic rings. The maximum atomic E-state index is 13.6. The number of thiophene rings is 1. The monoisotopic (exact) mass is 505 g/mol. The summed E-state index contributed by atoms with van der Waals surface area (Å²) >= 11 is 7.60. The molecule has 5 nitrogen and oxygen atoms in total. The van der Waals surface area contributed by atoms with Crippen molar-refractivity contribution >= 4 is 46.0 Å². The number of Topliss-reactive ketones (excluding diaryl/α,β-unsaturated/α-hetero) is 1. The molecule has 0 spiro atoms. The van der Waals surface area contributed by atoms with Crippen LogP contribution < -0.4 is 15.5 Å². The van der Waals surface area contributed by atoms with Crippen molar-refractivity contribution < 1.29 is 9.59 Å². The molecule has 5 rings (SSSR count). The Morgan fingerprint density at radius 3 is 2.63 bits per heavy atom. The molecule has 1 unspecified atom stereocenters. The minimum absolute atomic E-state index is 0.107. The Hall–Kier alpha value is -3.09. The number of allylic oxidation sites excluding steroid dienone is 1. The summed E-state index contributed by atoms with van der Waals surface area (Å²) in [6.45, 7) is 4.81. The van der Waals surface area contributed by atoms with Crippen LogP contribution in [0.15, 0.2) is 77.3 Å². The van der Waals surface area contributed by atoms with Gasteiger partial charge in [-0.25, -0.2) is 0 Å². The molecule has 1 aliphatic heterocycles. The van der Waals surface area contributed by atoms with Gasteiger partial charge in [0, 0.05) is 34.1 Å². The van der Waals surface area contributed by atoms with E-state index in [2.05, 4.69) is 35.4 Å². The molecule has 1 aliphatic carbocycles. The van der Waals surface area contributed by atoms with E-state index < -0.39 is 0 Å². The van der Waals surface area contributed by atoms with E-state index in [1.54, 1.807) is 11.3 Å². The maximum absolute atomic E-state index is 13.6. The van der Waals surface area contributed by atoms with Crippen molar-refractivity contribution in [2.75, 3.05) is 16.8 Å². The number of rotatable bonds is 5. The first kappa shape index (κ1) is 23.6. The number of amides is 1. The quantitative estimate of drug-likeness (QED) is 0.425. The van der Waals surface area contributed by atoms with Gasteiger partial charge in [-0.1, -0.05) is 55.8 Å². The molecule has 35 heavy (non-hydrogen) atoms. The van der Waals surface area contributed by atoms with Crippen LogP contribution in [0.2, 0.25) is 5.02 Å². The molecule has 2 aromatic carbocycles. The highest BCUT2D eigenvalue weighted by molar-refractivity contribution is 7.10. The van der Waals surface area contributed by atoms with Crippen molar-refractivity contribution in [3.8, 4) is 0 Å². The van der Waals surface area contributed by atoms with Crippen LogP contribution in [-0.2, 0) is 16.1 Å². The van der Waals surface area contributed by atoms with Gasteiger partial charge in [-0.3, -0.25) is 9.59 Å². The molecule has 0 saturated carbocycles. The summed E-state index contributed by atoms with van der Waals surface area (Å²) in [7, 11) is 0. The lowest BCUT2D eigenvalue weighted by atomic mass is 9.74. The lowest BCUT2D eigenvalue weighted by Crippen LogP contribution is -2.41. The molecule has 2 aliphatic rings. The predicted molar refractivity (Wildman–Crippen MR) is 143 cm³/mol. The van der Waals surface area contributed by atoms with Crippen LogP contribution in [-0.4, -0.2) is 18.2 Å². The Bertz CT molecular complexity index is 1280. The summed E-state index contributed by atoms with van der Waals surface area (Å²) in [6.07, 6.45) is 1.27. The van der Waals surface area contributed by atoms with Gasteiger partial charge in [-0.2, -0.15) is 0 Å². The molecule has 180 valence electrons. The van der Waals surface area contributed by atoms with Gasteiger partial charge >= 0.3 is 0 Å². The van der Waals surface area contributed by atoms with Crippen LogP contribution in [0.3, 0.4) is 0 Å². The van der Waals surface area contributed by atoms with Crippen LogP contribution in [0.25, 0.3) is 0 Å². The van der Waals surface area contributed by atoms with E-state index in [1.807, 2.05) is 60.0 Å². The third-order valence-electron chi connectivity index (χ3n) is 6.53. The summed E-state index contributed by atoms with van der Waals surface area (Å²) in [5.74, 6) is 0.0328. The number of carbonyl (C=O) groups excluding carboxylic acids is 2. The lowest BCUT2D eigenvalue weighted by Gasteiger charge is -2.37. The summed E-state index contributed by atoms with van der Waals surface area (Å²) in [6, 6.07) is 19.2. The summed E-state index contributed by atoms with van der Waals surface area (Å²) in [5, 5.41) is 9.31. The first-order chi connectivity index (χ1) is 16.8. The van der Waals surface area contributed by atoms with Crippen molar-refractivity contribution in [3.05, 3.63) is 92.8 Å². The fourth-order valence-corrected chi connectivity index (χ4v) is 5.95. The van der Waals surface area contributed by atoms with E-state index in [-0.39, 0.29) is 29.7 Å². The first-order valence-electron chi connectivity index (χ1n) is 11.7. The highest BCUT2D eigenvalue weighted by Gasteiger charge is 2.42. The van der Waals surface area contributed by atoms with Crippen molar-refractivity contribution in [3.63, 3.8) is 0 Å². The van der Waals surface area contributed by atoms with Gasteiger partial charge < -0.3 is 15.5 Å². The molecule has 0 saturated heterocycles. The zero-order valence-corrected chi connectivity index (χ0v) is 21.4. The number of para-hydroxylation sites is 2. The lowest BCUT2D eigenvalue weighted by molar-refractivity contribution is -0.120. The van der Waals surface area contributed by atoms with Crippen molar-refractivity contribution in [2.45, 2.75) is 39.3 Å². The number of hydrogen-bond acceptors (Lipinski definition) is 5. The summed E-state index contributed by atoms with van der Waals surface area (Å²) in [5.41, 5.74) is 4.41. The van der Waals surface area contributed by atoms with Crippen LogP contribution in [0, 0.1) is 5.41 Å². The number of hydrogen-bond donors (Lipinski definition) is 2. The highest BCUT2D eigenvalue weighted by atomic mass is 35.5. The van der Waals surface area contributed by atoms with E-state index in [0.717, 1.165) is 39.5 Å². The zero-order chi connectivity index (χ0) is 24.6. The highest BCUT2D eigenvalue weighted by Crippen LogP contribution is 2.48. The molecular weight excluding hydrogens is 478 g/mol. The number of ketones is 1. The first-order valence-corrected chi connectivity index (χ1v) is 13.0. The number of anilines is 2. The van der Waals surface area contributed by atoms with Gasteiger partial charge in [-0.15, -0.1) is 11.3 Å². The SMILES string of the molecule is CC1(C)CC(=O)C2=C(C1)Nc1ccccc1N(CC(=O)NCc1ccc(Cl)cc1)C2c1cccs1. The molecule has 0 radical (unpaired) electrons. The summed E-state index contributed by atoms with van der Waals surface area (Å²) < 4.78 is 0. The summed E-state index contributed by atoms with van der Waals surface area (Å²) in [4.78, 5) is 30.0. The van der Waals surface area contributed by atoms with Gasteiger partial charge in [0.15, 0.2) is 5.78 Å². The van der Waals surface area contributed by atoms with Crippen molar-refractivity contribution in [1.29, 1.82) is 0 Å². The van der Waals surface area contributed by atoms with Crippen LogP contribution in [0.4, 0.5) is 11.4 Å². The topological polar surface area (TPSA) is 61.4 Å². The third-order valence-corrected chi connectivity index (χ3v) is 7.71. The van der Waals surface area contributed by atoms with E-state index in [0.29, 0.717) is 18.0 Å². The van der Waals surface area contributed by atoms with Crippen LogP contribution in [0.1, 0.15) is 43.2 Å². The molecule has 0 fully saturated rings. The van der Waals surface area contributed by atoms with Crippen LogP contribution in [0.5, 0.6) is 0 Å². The van der Waals surface area contributed by atoms with Crippen molar-refractivity contribution in [2.24, 2.45) is 5.41 Å². The molecule has 1 atom stereocenters. The zero-order valence-electron chi connectivity index (χ0n) is 19.8. The minimum Gasteiger partial charge on any atom is -0.357 e. The number of carbonyl (C=O) groups is 2. The van der Waals surface area contributed by atoms with Gasteiger partial charge in [0.1, 0.15) is 0 Å². The Morgan fingerprint density at radius 1 is 1.11 bits per heavy atom. The minimum atomic E-state index is -0.328. The largest absolute Gasteiger partial charge is 0.357 e. The second kappa shape index (κ2) is 9.51. The molecule has 0 bridgehead atoms. The Labute approximate surface area is 214 Å².